The third-order valence-corrected chi connectivity index (χ3v) is 4.84. The lowest BCUT2D eigenvalue weighted by Crippen LogP contribution is -2.34. The zero-order valence-electron chi connectivity index (χ0n) is 12.1. The van der Waals surface area contributed by atoms with Crippen molar-refractivity contribution >= 4 is 25.6 Å². The molecule has 0 radical (unpaired) electrons. The van der Waals surface area contributed by atoms with Gasteiger partial charge in [-0.2, -0.15) is 0 Å². The summed E-state index contributed by atoms with van der Waals surface area (Å²) >= 11 is 0. The summed E-state index contributed by atoms with van der Waals surface area (Å²) in [6, 6.07) is 0. The topological polar surface area (TPSA) is 72.3 Å². The molecule has 1 fully saturated rings. The Labute approximate surface area is 129 Å². The monoisotopic (exact) mass is 333 g/mol. The maximum absolute atomic E-state index is 12.3. The maximum Gasteiger partial charge on any atom is 0.280 e. The minimum absolute atomic E-state index is 0.00233. The van der Waals surface area contributed by atoms with E-state index in [-0.39, 0.29) is 17.5 Å². The molecule has 0 aliphatic carbocycles. The van der Waals surface area contributed by atoms with Crippen molar-refractivity contribution in [3.05, 3.63) is 12.0 Å². The van der Waals surface area contributed by atoms with Gasteiger partial charge in [-0.1, -0.05) is 19.8 Å². The number of halogens is 1. The van der Waals surface area contributed by atoms with Crippen LogP contribution in [0.3, 0.4) is 0 Å². The van der Waals surface area contributed by atoms with Crippen LogP contribution in [0.15, 0.2) is 11.2 Å². The van der Waals surface area contributed by atoms with Crippen molar-refractivity contribution in [3.63, 3.8) is 0 Å². The van der Waals surface area contributed by atoms with Crippen molar-refractivity contribution in [3.8, 4) is 0 Å². The lowest BCUT2D eigenvalue weighted by atomic mass is 10.2. The van der Waals surface area contributed by atoms with E-state index in [0.717, 1.165) is 38.8 Å². The number of hydrogen-bond acceptors (Lipinski definition) is 4. The van der Waals surface area contributed by atoms with Gasteiger partial charge in [0.1, 0.15) is 12.4 Å². The van der Waals surface area contributed by atoms with Gasteiger partial charge in [-0.25, -0.2) is 13.4 Å². The van der Waals surface area contributed by atoms with Crippen molar-refractivity contribution in [1.29, 1.82) is 0 Å². The molecular weight excluding hydrogens is 314 g/mol. The van der Waals surface area contributed by atoms with Crippen molar-refractivity contribution in [1.82, 2.24) is 14.5 Å². The fourth-order valence-corrected chi connectivity index (χ4v) is 3.22. The average Bonchev–Trinajstić information content (AvgIpc) is 2.65. The number of aromatic nitrogens is 2. The third kappa shape index (κ3) is 4.20. The predicted octanol–water partition coefficient (Wildman–Crippen LogP) is 1.78. The molecule has 0 N–H and O–H groups in total. The molecular formula is C13H20ClN3O3S. The van der Waals surface area contributed by atoms with Gasteiger partial charge in [-0.05, 0) is 12.8 Å². The second kappa shape index (κ2) is 6.79. The number of carbonyl (C=O) groups excluding carboxylic acids is 1. The quantitative estimate of drug-likeness (QED) is 0.787. The smallest absolute Gasteiger partial charge is 0.280 e. The summed E-state index contributed by atoms with van der Waals surface area (Å²) in [6.45, 7) is 3.52. The van der Waals surface area contributed by atoms with E-state index in [4.69, 9.17) is 10.7 Å². The van der Waals surface area contributed by atoms with E-state index < -0.39 is 9.05 Å². The Morgan fingerprint density at radius 2 is 1.90 bits per heavy atom. The SMILES string of the molecule is CCc1nc(S(=O)(=O)Cl)cn1CC(=O)N1CCCCCC1. The average molecular weight is 334 g/mol. The minimum Gasteiger partial charge on any atom is -0.341 e. The van der Waals surface area contributed by atoms with Gasteiger partial charge in [0.15, 0.2) is 5.03 Å². The number of rotatable bonds is 4. The Morgan fingerprint density at radius 1 is 1.29 bits per heavy atom. The van der Waals surface area contributed by atoms with E-state index in [2.05, 4.69) is 4.98 Å². The molecule has 2 rings (SSSR count). The van der Waals surface area contributed by atoms with E-state index in [1.54, 1.807) is 4.57 Å². The van der Waals surface area contributed by atoms with Crippen LogP contribution in [-0.2, 0) is 26.8 Å². The highest BCUT2D eigenvalue weighted by molar-refractivity contribution is 8.13. The van der Waals surface area contributed by atoms with Gasteiger partial charge in [0.2, 0.25) is 5.91 Å². The maximum atomic E-state index is 12.3. The molecule has 0 aromatic carbocycles. The number of amides is 1. The summed E-state index contributed by atoms with van der Waals surface area (Å²) < 4.78 is 24.3. The second-order valence-electron chi connectivity index (χ2n) is 5.21. The van der Waals surface area contributed by atoms with Crippen LogP contribution in [0.2, 0.25) is 0 Å². The minimum atomic E-state index is -3.87. The number of likely N-dealkylation sites (tertiary alicyclic amines) is 1. The van der Waals surface area contributed by atoms with Gasteiger partial charge in [0, 0.05) is 36.4 Å². The van der Waals surface area contributed by atoms with Gasteiger partial charge in [-0.15, -0.1) is 0 Å². The Hall–Kier alpha value is -1.08. The molecule has 6 nitrogen and oxygen atoms in total. The molecule has 0 unspecified atom stereocenters. The molecule has 1 aromatic heterocycles. The van der Waals surface area contributed by atoms with Crippen molar-refractivity contribution < 1.29 is 13.2 Å². The Bertz CT molecular complexity index is 604. The molecule has 1 amide bonds. The van der Waals surface area contributed by atoms with E-state index in [0.29, 0.717) is 12.2 Å². The zero-order chi connectivity index (χ0) is 15.5. The molecule has 1 aromatic rings. The van der Waals surface area contributed by atoms with Gasteiger partial charge >= 0.3 is 0 Å². The first-order chi connectivity index (χ1) is 9.91. The number of carbonyl (C=O) groups is 1. The van der Waals surface area contributed by atoms with Gasteiger partial charge in [0.05, 0.1) is 0 Å². The molecule has 118 valence electrons. The highest BCUT2D eigenvalue weighted by Crippen LogP contribution is 2.16. The first-order valence-corrected chi connectivity index (χ1v) is 9.51. The molecule has 1 aliphatic rings. The van der Waals surface area contributed by atoms with E-state index in [1.165, 1.54) is 6.20 Å². The van der Waals surface area contributed by atoms with E-state index in [1.807, 2.05) is 11.8 Å². The zero-order valence-corrected chi connectivity index (χ0v) is 13.7. The van der Waals surface area contributed by atoms with Crippen LogP contribution >= 0.6 is 10.7 Å². The van der Waals surface area contributed by atoms with Crippen LogP contribution in [-0.4, -0.2) is 41.9 Å². The summed E-state index contributed by atoms with van der Waals surface area (Å²) in [7, 11) is 1.44. The molecule has 0 bridgehead atoms. The van der Waals surface area contributed by atoms with Crippen LogP contribution in [0, 0.1) is 0 Å². The first-order valence-electron chi connectivity index (χ1n) is 7.20. The summed E-state index contributed by atoms with van der Waals surface area (Å²) in [5.74, 6) is 0.555. The van der Waals surface area contributed by atoms with Gasteiger partial charge in [-0.3, -0.25) is 4.79 Å². The normalized spacial score (nSPS) is 16.8. The number of nitrogens with zero attached hydrogens (tertiary/aromatic N) is 3. The standard InChI is InChI=1S/C13H20ClN3O3S/c1-2-11-15-12(21(14,19)20)9-17(11)10-13(18)16-7-5-3-4-6-8-16/h9H,2-8,10H2,1H3. The van der Waals surface area contributed by atoms with Crippen molar-refractivity contribution in [2.45, 2.75) is 50.6 Å². The lowest BCUT2D eigenvalue weighted by molar-refractivity contribution is -0.131. The largest absolute Gasteiger partial charge is 0.341 e. The lowest BCUT2D eigenvalue weighted by Gasteiger charge is -2.20. The fourth-order valence-electron chi connectivity index (χ4n) is 2.53. The number of imidazole rings is 1. The first kappa shape index (κ1) is 16.3. The summed E-state index contributed by atoms with van der Waals surface area (Å²) in [4.78, 5) is 18.2. The molecule has 0 spiro atoms. The molecule has 2 heterocycles. The van der Waals surface area contributed by atoms with E-state index >= 15 is 0 Å². The summed E-state index contributed by atoms with van der Waals surface area (Å²) in [5, 5.41) is -0.190. The number of aryl methyl sites for hydroxylation is 1. The van der Waals surface area contributed by atoms with Crippen molar-refractivity contribution in [2.75, 3.05) is 13.1 Å². The van der Waals surface area contributed by atoms with Crippen LogP contribution in [0.1, 0.15) is 38.4 Å². The van der Waals surface area contributed by atoms with Crippen molar-refractivity contribution in [2.24, 2.45) is 0 Å². The molecule has 8 heteroatoms. The molecule has 21 heavy (non-hydrogen) atoms. The van der Waals surface area contributed by atoms with Crippen LogP contribution in [0.25, 0.3) is 0 Å². The Morgan fingerprint density at radius 3 is 2.43 bits per heavy atom. The number of hydrogen-bond donors (Lipinski definition) is 0. The van der Waals surface area contributed by atoms with Crippen LogP contribution < -0.4 is 0 Å². The second-order valence-corrected chi connectivity index (χ2v) is 7.72. The fraction of sp³-hybridized carbons (Fsp3) is 0.692. The molecule has 1 saturated heterocycles. The Balaban J connectivity index is 2.14. The summed E-state index contributed by atoms with van der Waals surface area (Å²) in [5.41, 5.74) is 0. The highest BCUT2D eigenvalue weighted by atomic mass is 35.7. The van der Waals surface area contributed by atoms with Gasteiger partial charge < -0.3 is 9.47 Å². The van der Waals surface area contributed by atoms with Gasteiger partial charge in [0.25, 0.3) is 9.05 Å². The molecule has 0 atom stereocenters. The van der Waals surface area contributed by atoms with Crippen LogP contribution in [0.5, 0.6) is 0 Å². The molecule has 1 aliphatic heterocycles. The Kier molecular flexibility index (Phi) is 5.27. The highest BCUT2D eigenvalue weighted by Gasteiger charge is 2.21. The third-order valence-electron chi connectivity index (χ3n) is 3.67. The predicted molar refractivity (Wildman–Crippen MR) is 79.7 cm³/mol. The summed E-state index contributed by atoms with van der Waals surface area (Å²) in [6.07, 6.45) is 6.25. The van der Waals surface area contributed by atoms with E-state index in [9.17, 15) is 13.2 Å². The molecule has 0 saturated carbocycles. The van der Waals surface area contributed by atoms with Crippen LogP contribution in [0.4, 0.5) is 0 Å².